The third-order valence-corrected chi connectivity index (χ3v) is 3.55. The zero-order valence-electron chi connectivity index (χ0n) is 12.1. The summed E-state index contributed by atoms with van der Waals surface area (Å²) < 4.78 is 10.9. The van der Waals surface area contributed by atoms with Crippen molar-refractivity contribution in [2.45, 2.75) is 26.3 Å². The minimum Gasteiger partial charge on any atom is -0.496 e. The second kappa shape index (κ2) is 6.82. The van der Waals surface area contributed by atoms with Gasteiger partial charge in [0, 0.05) is 16.1 Å². The molecular weight excluding hydrogens is 274 g/mol. The Morgan fingerprint density at radius 2 is 2.10 bits per heavy atom. The minimum atomic E-state index is 0.0161. The van der Waals surface area contributed by atoms with E-state index in [1.807, 2.05) is 31.2 Å². The molecule has 1 N–H and O–H groups in total. The number of rotatable bonds is 6. The van der Waals surface area contributed by atoms with Crippen LogP contribution in [-0.4, -0.2) is 13.7 Å². The van der Waals surface area contributed by atoms with Gasteiger partial charge in [0.25, 0.3) is 0 Å². The maximum atomic E-state index is 6.15. The van der Waals surface area contributed by atoms with E-state index in [-0.39, 0.29) is 6.04 Å². The van der Waals surface area contributed by atoms with Crippen LogP contribution in [0.2, 0.25) is 5.02 Å². The van der Waals surface area contributed by atoms with Crippen molar-refractivity contribution >= 4 is 11.6 Å². The van der Waals surface area contributed by atoms with E-state index in [4.69, 9.17) is 20.8 Å². The molecular formula is C16H20ClNO2. The Hall–Kier alpha value is -1.45. The van der Waals surface area contributed by atoms with E-state index in [1.165, 1.54) is 0 Å². The normalized spacial score (nSPS) is 12.4. The lowest BCUT2D eigenvalue weighted by Crippen LogP contribution is -2.24. The summed E-state index contributed by atoms with van der Waals surface area (Å²) in [5.74, 6) is 1.73. The molecule has 0 saturated heterocycles. The maximum absolute atomic E-state index is 6.15. The van der Waals surface area contributed by atoms with Gasteiger partial charge in [-0.1, -0.05) is 18.5 Å². The van der Waals surface area contributed by atoms with Gasteiger partial charge in [0.2, 0.25) is 0 Å². The quantitative estimate of drug-likeness (QED) is 0.860. The van der Waals surface area contributed by atoms with Gasteiger partial charge in [0.05, 0.1) is 19.4 Å². The molecule has 0 radical (unpaired) electrons. The second-order valence-corrected chi connectivity index (χ2v) is 5.14. The summed E-state index contributed by atoms with van der Waals surface area (Å²) >= 11 is 6.15. The molecule has 0 bridgehead atoms. The number of hydrogen-bond acceptors (Lipinski definition) is 3. The number of ether oxygens (including phenoxy) is 1. The van der Waals surface area contributed by atoms with Gasteiger partial charge in [-0.15, -0.1) is 0 Å². The summed E-state index contributed by atoms with van der Waals surface area (Å²) in [6.45, 7) is 5.01. The smallest absolute Gasteiger partial charge is 0.124 e. The summed E-state index contributed by atoms with van der Waals surface area (Å²) in [4.78, 5) is 0. The monoisotopic (exact) mass is 293 g/mol. The first kappa shape index (κ1) is 14.9. The number of nitrogens with one attached hydrogen (secondary N) is 1. The Bertz CT molecular complexity index is 565. The molecule has 4 heteroatoms. The maximum Gasteiger partial charge on any atom is 0.124 e. The predicted molar refractivity (Wildman–Crippen MR) is 81.6 cm³/mol. The second-order valence-electron chi connectivity index (χ2n) is 4.71. The Morgan fingerprint density at radius 3 is 2.70 bits per heavy atom. The lowest BCUT2D eigenvalue weighted by molar-refractivity contribution is 0.403. The van der Waals surface area contributed by atoms with Crippen LogP contribution >= 0.6 is 11.6 Å². The van der Waals surface area contributed by atoms with E-state index in [2.05, 4.69) is 12.2 Å². The van der Waals surface area contributed by atoms with Crippen molar-refractivity contribution < 1.29 is 9.15 Å². The SMILES string of the molecule is CCCNC(c1cc(Cl)ccc1OC)c1ccoc1C. The first-order chi connectivity index (χ1) is 9.67. The molecule has 1 unspecified atom stereocenters. The van der Waals surface area contributed by atoms with E-state index >= 15 is 0 Å². The van der Waals surface area contributed by atoms with Crippen molar-refractivity contribution in [1.82, 2.24) is 5.32 Å². The van der Waals surface area contributed by atoms with Crippen LogP contribution in [0.5, 0.6) is 5.75 Å². The molecule has 1 aromatic carbocycles. The number of aryl methyl sites for hydroxylation is 1. The minimum absolute atomic E-state index is 0.0161. The van der Waals surface area contributed by atoms with E-state index in [0.717, 1.165) is 35.6 Å². The van der Waals surface area contributed by atoms with E-state index in [9.17, 15) is 0 Å². The Morgan fingerprint density at radius 1 is 1.30 bits per heavy atom. The number of methoxy groups -OCH3 is 1. The van der Waals surface area contributed by atoms with Crippen LogP contribution < -0.4 is 10.1 Å². The molecule has 0 aliphatic carbocycles. The van der Waals surface area contributed by atoms with Crippen LogP contribution in [0.1, 0.15) is 36.3 Å². The van der Waals surface area contributed by atoms with Gasteiger partial charge in [-0.2, -0.15) is 0 Å². The number of hydrogen-bond donors (Lipinski definition) is 1. The highest BCUT2D eigenvalue weighted by Gasteiger charge is 2.21. The fraction of sp³-hybridized carbons (Fsp3) is 0.375. The van der Waals surface area contributed by atoms with Crippen molar-refractivity contribution in [2.24, 2.45) is 0 Å². The lowest BCUT2D eigenvalue weighted by atomic mass is 9.98. The van der Waals surface area contributed by atoms with Crippen molar-refractivity contribution in [3.05, 3.63) is 52.4 Å². The lowest BCUT2D eigenvalue weighted by Gasteiger charge is -2.21. The van der Waals surface area contributed by atoms with Crippen LogP contribution in [0, 0.1) is 6.92 Å². The Labute approximate surface area is 124 Å². The molecule has 1 atom stereocenters. The summed E-state index contributed by atoms with van der Waals surface area (Å²) in [5, 5.41) is 4.23. The van der Waals surface area contributed by atoms with Gasteiger partial charge in [0.1, 0.15) is 11.5 Å². The van der Waals surface area contributed by atoms with Crippen molar-refractivity contribution in [3.63, 3.8) is 0 Å². The van der Waals surface area contributed by atoms with Gasteiger partial charge in [-0.05, 0) is 44.2 Å². The number of halogens is 1. The molecule has 1 aromatic heterocycles. The Kier molecular flexibility index (Phi) is 5.10. The third-order valence-electron chi connectivity index (χ3n) is 3.31. The first-order valence-electron chi connectivity index (χ1n) is 6.78. The van der Waals surface area contributed by atoms with Crippen LogP contribution in [0.15, 0.2) is 34.9 Å². The summed E-state index contributed by atoms with van der Waals surface area (Å²) in [6.07, 6.45) is 2.76. The molecule has 0 aliphatic heterocycles. The van der Waals surface area contributed by atoms with E-state index < -0.39 is 0 Å². The van der Waals surface area contributed by atoms with Gasteiger partial charge in [-0.3, -0.25) is 0 Å². The van der Waals surface area contributed by atoms with Crippen LogP contribution in [0.4, 0.5) is 0 Å². The van der Waals surface area contributed by atoms with Gasteiger partial charge in [-0.25, -0.2) is 0 Å². The molecule has 0 saturated carbocycles. The third kappa shape index (κ3) is 3.17. The molecule has 108 valence electrons. The highest BCUT2D eigenvalue weighted by atomic mass is 35.5. The van der Waals surface area contributed by atoms with Crippen molar-refractivity contribution in [1.29, 1.82) is 0 Å². The average molecular weight is 294 g/mol. The number of benzene rings is 1. The van der Waals surface area contributed by atoms with E-state index in [0.29, 0.717) is 5.02 Å². The summed E-state index contributed by atoms with van der Waals surface area (Å²) in [7, 11) is 1.67. The van der Waals surface area contributed by atoms with Crippen molar-refractivity contribution in [3.8, 4) is 5.75 Å². The molecule has 2 aromatic rings. The molecule has 0 amide bonds. The number of furan rings is 1. The molecule has 0 spiro atoms. The largest absolute Gasteiger partial charge is 0.496 e. The molecule has 20 heavy (non-hydrogen) atoms. The average Bonchev–Trinajstić information content (AvgIpc) is 2.86. The molecule has 0 aliphatic rings. The zero-order chi connectivity index (χ0) is 14.5. The highest BCUT2D eigenvalue weighted by molar-refractivity contribution is 6.30. The van der Waals surface area contributed by atoms with Crippen LogP contribution in [0.25, 0.3) is 0 Å². The highest BCUT2D eigenvalue weighted by Crippen LogP contribution is 2.34. The summed E-state index contributed by atoms with van der Waals surface area (Å²) in [6, 6.07) is 7.68. The standard InChI is InChI=1S/C16H20ClNO2/c1-4-8-18-16(13-7-9-20-11(13)2)14-10-12(17)5-6-15(14)19-3/h5-7,9-10,16,18H,4,8H2,1-3H3. The van der Waals surface area contributed by atoms with E-state index in [1.54, 1.807) is 13.4 Å². The fourth-order valence-corrected chi connectivity index (χ4v) is 2.48. The van der Waals surface area contributed by atoms with Crippen LogP contribution in [-0.2, 0) is 0 Å². The molecule has 0 fully saturated rings. The predicted octanol–water partition coefficient (Wildman–Crippen LogP) is 4.34. The first-order valence-corrected chi connectivity index (χ1v) is 7.16. The van der Waals surface area contributed by atoms with Crippen LogP contribution in [0.3, 0.4) is 0 Å². The van der Waals surface area contributed by atoms with Gasteiger partial charge >= 0.3 is 0 Å². The van der Waals surface area contributed by atoms with Crippen molar-refractivity contribution in [2.75, 3.05) is 13.7 Å². The topological polar surface area (TPSA) is 34.4 Å². The Balaban J connectivity index is 2.46. The molecule has 3 nitrogen and oxygen atoms in total. The summed E-state index contributed by atoms with van der Waals surface area (Å²) in [5.41, 5.74) is 2.14. The van der Waals surface area contributed by atoms with Gasteiger partial charge < -0.3 is 14.5 Å². The zero-order valence-corrected chi connectivity index (χ0v) is 12.8. The fourth-order valence-electron chi connectivity index (χ4n) is 2.30. The van der Waals surface area contributed by atoms with Gasteiger partial charge in [0.15, 0.2) is 0 Å². The molecule has 2 rings (SSSR count). The molecule has 1 heterocycles.